The van der Waals surface area contributed by atoms with Crippen LogP contribution in [0.1, 0.15) is 36.7 Å². The van der Waals surface area contributed by atoms with E-state index in [9.17, 15) is 9.90 Å². The number of amides is 1. The number of aromatic amines is 1. The van der Waals surface area contributed by atoms with Gasteiger partial charge in [0, 0.05) is 33.7 Å². The van der Waals surface area contributed by atoms with Crippen molar-refractivity contribution in [3.05, 3.63) is 63.8 Å². The largest absolute Gasteiger partial charge is 0.508 e. The van der Waals surface area contributed by atoms with Crippen molar-refractivity contribution in [1.29, 1.82) is 0 Å². The Bertz CT molecular complexity index is 968. The zero-order valence-electron chi connectivity index (χ0n) is 16.4. The lowest BCUT2D eigenvalue weighted by Crippen LogP contribution is -2.32. The topological polar surface area (TPSA) is 68.4 Å². The Labute approximate surface area is 173 Å². The molecule has 0 saturated heterocycles. The van der Waals surface area contributed by atoms with Gasteiger partial charge in [0.25, 0.3) is 0 Å². The van der Waals surface area contributed by atoms with Crippen LogP contribution in [0.3, 0.4) is 0 Å². The summed E-state index contributed by atoms with van der Waals surface area (Å²) in [5.74, 6) is 0.317. The number of carbonyl (C=O) groups is 1. The van der Waals surface area contributed by atoms with Crippen LogP contribution in [0.2, 0.25) is 0 Å². The first-order valence-electron chi connectivity index (χ1n) is 9.39. The summed E-state index contributed by atoms with van der Waals surface area (Å²) in [5.41, 5.74) is 4.93. The molecule has 3 N–H and O–H groups in total. The van der Waals surface area contributed by atoms with Crippen molar-refractivity contribution in [2.45, 2.75) is 32.4 Å². The van der Waals surface area contributed by atoms with E-state index in [4.69, 9.17) is 0 Å². The molecule has 1 atom stereocenters. The lowest BCUT2D eigenvalue weighted by atomic mass is 9.93. The fraction of sp³-hybridized carbons (Fsp3) is 0.318. The number of carbonyl (C=O) groups excluding carboxylic acids is 1. The highest BCUT2D eigenvalue weighted by atomic mass is 79.9. The number of nitrogens with one attached hydrogen (secondary N) is 2. The van der Waals surface area contributed by atoms with Crippen molar-refractivity contribution in [1.82, 2.24) is 15.2 Å². The van der Waals surface area contributed by atoms with Gasteiger partial charge in [0.15, 0.2) is 0 Å². The first-order chi connectivity index (χ1) is 13.4. The summed E-state index contributed by atoms with van der Waals surface area (Å²) in [6.07, 6.45) is 1.74. The Morgan fingerprint density at radius 1 is 1.29 bits per heavy atom. The van der Waals surface area contributed by atoms with Crippen molar-refractivity contribution in [3.63, 3.8) is 0 Å². The SMILES string of the molecule is CC(C)NC=O.CN1CCc2c([nH]c3ccc(Br)cc23)C1c1cccc(O)c1. The second kappa shape index (κ2) is 8.80. The molecule has 0 bridgehead atoms. The minimum atomic E-state index is 0.155. The number of benzene rings is 2. The molecule has 2 heterocycles. The molecule has 1 aliphatic heterocycles. The van der Waals surface area contributed by atoms with Gasteiger partial charge in [-0.2, -0.15) is 0 Å². The minimum absolute atomic E-state index is 0.155. The standard InChI is InChI=1S/C18H17BrN2O.C4H9NO/c1-21-8-7-14-15-10-12(19)5-6-16(15)20-17(14)18(21)11-3-2-4-13(22)9-11;1-4(2)5-3-6/h2-6,9-10,18,20,22H,7-8H2,1H3;3-4H,1-2H3,(H,5,6). The van der Waals surface area contributed by atoms with Gasteiger partial charge in [0.1, 0.15) is 5.75 Å². The Hall–Kier alpha value is -2.31. The molecular weight excluding hydrogens is 418 g/mol. The molecule has 148 valence electrons. The minimum Gasteiger partial charge on any atom is -0.508 e. The second-order valence-corrected chi connectivity index (χ2v) is 8.29. The van der Waals surface area contributed by atoms with E-state index in [1.54, 1.807) is 6.07 Å². The fourth-order valence-electron chi connectivity index (χ4n) is 3.63. The van der Waals surface area contributed by atoms with Gasteiger partial charge in [-0.3, -0.25) is 9.69 Å². The van der Waals surface area contributed by atoms with E-state index >= 15 is 0 Å². The van der Waals surface area contributed by atoms with Crippen LogP contribution in [0, 0.1) is 0 Å². The highest BCUT2D eigenvalue weighted by Gasteiger charge is 2.29. The number of fused-ring (bicyclic) bond motifs is 3. The summed E-state index contributed by atoms with van der Waals surface area (Å²) in [5, 5.41) is 13.6. The first kappa shape index (κ1) is 20.4. The summed E-state index contributed by atoms with van der Waals surface area (Å²) in [6, 6.07) is 14.4. The number of aromatic hydroxyl groups is 1. The zero-order chi connectivity index (χ0) is 20.3. The molecule has 1 aliphatic rings. The maximum atomic E-state index is 9.82. The van der Waals surface area contributed by atoms with Crippen LogP contribution in [0.5, 0.6) is 5.75 Å². The van der Waals surface area contributed by atoms with Crippen LogP contribution >= 0.6 is 15.9 Å². The Morgan fingerprint density at radius 3 is 2.71 bits per heavy atom. The van der Waals surface area contributed by atoms with Gasteiger partial charge in [-0.25, -0.2) is 0 Å². The van der Waals surface area contributed by atoms with Gasteiger partial charge < -0.3 is 15.4 Å². The molecule has 5 nitrogen and oxygen atoms in total. The van der Waals surface area contributed by atoms with Crippen LogP contribution in [0.15, 0.2) is 46.9 Å². The Balaban J connectivity index is 0.000000330. The smallest absolute Gasteiger partial charge is 0.207 e. The Kier molecular flexibility index (Phi) is 6.42. The van der Waals surface area contributed by atoms with E-state index in [1.807, 2.05) is 26.0 Å². The summed E-state index contributed by atoms with van der Waals surface area (Å²) in [6.45, 7) is 4.83. The van der Waals surface area contributed by atoms with Crippen molar-refractivity contribution in [2.75, 3.05) is 13.6 Å². The number of rotatable bonds is 3. The van der Waals surface area contributed by atoms with Crippen LogP contribution < -0.4 is 5.32 Å². The zero-order valence-corrected chi connectivity index (χ0v) is 18.0. The van der Waals surface area contributed by atoms with Crippen LogP contribution in [0.25, 0.3) is 10.9 Å². The number of likely N-dealkylation sites (N-methyl/N-ethyl adjacent to an activating group) is 1. The van der Waals surface area contributed by atoms with E-state index < -0.39 is 0 Å². The molecule has 4 rings (SSSR count). The Morgan fingerprint density at radius 2 is 2.07 bits per heavy atom. The normalized spacial score (nSPS) is 16.4. The fourth-order valence-corrected chi connectivity index (χ4v) is 3.99. The highest BCUT2D eigenvalue weighted by molar-refractivity contribution is 9.10. The quantitative estimate of drug-likeness (QED) is 0.526. The van der Waals surface area contributed by atoms with Gasteiger partial charge >= 0.3 is 0 Å². The third-order valence-electron chi connectivity index (χ3n) is 4.92. The molecule has 1 amide bonds. The van der Waals surface area contributed by atoms with E-state index in [-0.39, 0.29) is 12.1 Å². The summed E-state index contributed by atoms with van der Waals surface area (Å²) >= 11 is 3.57. The number of nitrogens with zero attached hydrogens (tertiary/aromatic N) is 1. The number of aromatic nitrogens is 1. The molecule has 1 unspecified atom stereocenters. The highest BCUT2D eigenvalue weighted by Crippen LogP contribution is 2.38. The predicted octanol–water partition coefficient (Wildman–Crippen LogP) is 4.35. The average molecular weight is 444 g/mol. The summed E-state index contributed by atoms with van der Waals surface area (Å²) in [4.78, 5) is 15.4. The van der Waals surface area contributed by atoms with Crippen molar-refractivity contribution >= 4 is 33.2 Å². The molecule has 28 heavy (non-hydrogen) atoms. The molecule has 6 heteroatoms. The van der Waals surface area contributed by atoms with Gasteiger partial charge in [0.2, 0.25) is 6.41 Å². The van der Waals surface area contributed by atoms with Crippen molar-refractivity contribution in [2.24, 2.45) is 0 Å². The molecule has 0 spiro atoms. The molecular formula is C22H26BrN3O2. The number of H-pyrrole nitrogens is 1. The monoisotopic (exact) mass is 443 g/mol. The lowest BCUT2D eigenvalue weighted by Gasteiger charge is -2.33. The van der Waals surface area contributed by atoms with Crippen LogP contribution in [-0.2, 0) is 11.2 Å². The molecule has 2 aromatic carbocycles. The van der Waals surface area contributed by atoms with Gasteiger partial charge in [-0.15, -0.1) is 0 Å². The van der Waals surface area contributed by atoms with Crippen molar-refractivity contribution in [3.8, 4) is 5.75 Å². The van der Waals surface area contributed by atoms with Gasteiger partial charge in [-0.05, 0) is 68.8 Å². The predicted molar refractivity (Wildman–Crippen MR) is 117 cm³/mol. The van der Waals surface area contributed by atoms with E-state index in [2.05, 4.69) is 62.4 Å². The maximum absolute atomic E-state index is 9.82. The third-order valence-corrected chi connectivity index (χ3v) is 5.41. The maximum Gasteiger partial charge on any atom is 0.207 e. The number of phenols is 1. The second-order valence-electron chi connectivity index (χ2n) is 7.37. The molecule has 0 fully saturated rings. The number of hydrogen-bond donors (Lipinski definition) is 3. The van der Waals surface area contributed by atoms with E-state index in [0.717, 1.165) is 23.0 Å². The molecule has 0 aliphatic carbocycles. The first-order valence-corrected chi connectivity index (χ1v) is 10.2. The van der Waals surface area contributed by atoms with E-state index in [0.29, 0.717) is 12.2 Å². The molecule has 1 aromatic heterocycles. The number of halogens is 1. The molecule has 0 saturated carbocycles. The van der Waals surface area contributed by atoms with Crippen LogP contribution in [0.4, 0.5) is 0 Å². The number of hydrogen-bond acceptors (Lipinski definition) is 3. The molecule has 3 aromatic rings. The van der Waals surface area contributed by atoms with Crippen LogP contribution in [-0.4, -0.2) is 41.0 Å². The van der Waals surface area contributed by atoms with Gasteiger partial charge in [0.05, 0.1) is 6.04 Å². The third kappa shape index (κ3) is 4.39. The van der Waals surface area contributed by atoms with Crippen molar-refractivity contribution < 1.29 is 9.90 Å². The lowest BCUT2D eigenvalue weighted by molar-refractivity contribution is -0.109. The molecule has 0 radical (unpaired) electrons. The average Bonchev–Trinajstić information content (AvgIpc) is 2.99. The summed E-state index contributed by atoms with van der Waals surface area (Å²) < 4.78 is 1.11. The summed E-state index contributed by atoms with van der Waals surface area (Å²) in [7, 11) is 2.14. The number of phenolic OH excluding ortho intramolecular Hbond substituents is 1. The van der Waals surface area contributed by atoms with E-state index in [1.165, 1.54) is 22.2 Å². The van der Waals surface area contributed by atoms with Gasteiger partial charge in [-0.1, -0.05) is 28.1 Å².